The van der Waals surface area contributed by atoms with Crippen molar-refractivity contribution in [2.45, 2.75) is 38.1 Å². The summed E-state index contributed by atoms with van der Waals surface area (Å²) in [5.74, 6) is -0.708. The van der Waals surface area contributed by atoms with Crippen LogP contribution in [0.1, 0.15) is 43.7 Å². The van der Waals surface area contributed by atoms with E-state index in [1.807, 2.05) is 24.3 Å². The Morgan fingerprint density at radius 3 is 2.12 bits per heavy atom. The van der Waals surface area contributed by atoms with E-state index in [9.17, 15) is 19.5 Å². The highest BCUT2D eigenvalue weighted by molar-refractivity contribution is 7.99. The number of aliphatic carboxylic acids is 1. The molecule has 2 aromatic rings. The van der Waals surface area contributed by atoms with Gasteiger partial charge in [-0.1, -0.05) is 62.4 Å². The van der Waals surface area contributed by atoms with Gasteiger partial charge in [0.2, 0.25) is 5.91 Å². The topological polar surface area (TPSA) is 105 Å². The summed E-state index contributed by atoms with van der Waals surface area (Å²) in [5, 5.41) is 14.7. The van der Waals surface area contributed by atoms with E-state index in [-0.39, 0.29) is 24.2 Å². The molecular weight excluding hydrogens is 440 g/mol. The fourth-order valence-electron chi connectivity index (χ4n) is 4.13. The molecule has 2 amide bonds. The second-order valence-electron chi connectivity index (χ2n) is 7.95. The SMILES string of the molecule is CCC(CC)(NC(=O)CSCCNC(=O)OCC1c2ccccc2-c2ccccc21)C(=O)O. The summed E-state index contributed by atoms with van der Waals surface area (Å²) >= 11 is 1.33. The summed E-state index contributed by atoms with van der Waals surface area (Å²) in [4.78, 5) is 35.8. The zero-order valence-electron chi connectivity index (χ0n) is 18.9. The van der Waals surface area contributed by atoms with Crippen LogP contribution in [0.15, 0.2) is 48.5 Å². The Balaban J connectivity index is 1.40. The predicted molar refractivity (Wildman–Crippen MR) is 129 cm³/mol. The smallest absolute Gasteiger partial charge is 0.407 e. The molecule has 176 valence electrons. The Bertz CT molecular complexity index is 960. The van der Waals surface area contributed by atoms with Crippen LogP contribution in [-0.4, -0.2) is 53.3 Å². The van der Waals surface area contributed by atoms with Crippen LogP contribution in [0.25, 0.3) is 11.1 Å². The molecule has 1 aliphatic rings. The third-order valence-corrected chi connectivity index (χ3v) is 7.05. The Kier molecular flexibility index (Phi) is 8.38. The highest BCUT2D eigenvalue weighted by Crippen LogP contribution is 2.44. The molecule has 0 saturated heterocycles. The molecule has 0 radical (unpaired) electrons. The summed E-state index contributed by atoms with van der Waals surface area (Å²) < 4.78 is 5.48. The Labute approximate surface area is 198 Å². The van der Waals surface area contributed by atoms with Crippen LogP contribution in [0, 0.1) is 0 Å². The van der Waals surface area contributed by atoms with E-state index in [2.05, 4.69) is 34.9 Å². The lowest BCUT2D eigenvalue weighted by Crippen LogP contribution is -2.54. The monoisotopic (exact) mass is 470 g/mol. The number of carboxylic acid groups (broad SMARTS) is 1. The third-order valence-electron chi connectivity index (χ3n) is 6.09. The number of ether oxygens (including phenoxy) is 1. The fourth-order valence-corrected chi connectivity index (χ4v) is 4.77. The van der Waals surface area contributed by atoms with E-state index in [4.69, 9.17) is 4.74 Å². The van der Waals surface area contributed by atoms with Gasteiger partial charge in [-0.15, -0.1) is 0 Å². The second kappa shape index (κ2) is 11.2. The van der Waals surface area contributed by atoms with Gasteiger partial charge in [-0.25, -0.2) is 9.59 Å². The number of carboxylic acids is 1. The van der Waals surface area contributed by atoms with E-state index in [1.54, 1.807) is 13.8 Å². The van der Waals surface area contributed by atoms with Gasteiger partial charge >= 0.3 is 12.1 Å². The number of rotatable bonds is 11. The first-order valence-electron chi connectivity index (χ1n) is 11.1. The van der Waals surface area contributed by atoms with Crippen molar-refractivity contribution in [1.29, 1.82) is 0 Å². The van der Waals surface area contributed by atoms with Crippen LogP contribution in [0.4, 0.5) is 4.79 Å². The van der Waals surface area contributed by atoms with Crippen molar-refractivity contribution < 1.29 is 24.2 Å². The van der Waals surface area contributed by atoms with Crippen LogP contribution in [-0.2, 0) is 14.3 Å². The number of nitrogens with one attached hydrogen (secondary N) is 2. The number of benzene rings is 2. The molecule has 0 unspecified atom stereocenters. The van der Waals surface area contributed by atoms with Crippen LogP contribution in [0.3, 0.4) is 0 Å². The van der Waals surface area contributed by atoms with Gasteiger partial charge in [0, 0.05) is 18.2 Å². The molecule has 8 heteroatoms. The quantitative estimate of drug-likeness (QED) is 0.429. The molecule has 0 aliphatic heterocycles. The van der Waals surface area contributed by atoms with Gasteiger partial charge in [-0.3, -0.25) is 4.79 Å². The molecule has 2 aromatic carbocycles. The average molecular weight is 471 g/mol. The zero-order valence-corrected chi connectivity index (χ0v) is 19.7. The summed E-state index contributed by atoms with van der Waals surface area (Å²) in [6, 6.07) is 16.3. The summed E-state index contributed by atoms with van der Waals surface area (Å²) in [6.45, 7) is 4.08. The molecule has 3 rings (SSSR count). The molecule has 33 heavy (non-hydrogen) atoms. The van der Waals surface area contributed by atoms with E-state index >= 15 is 0 Å². The number of thioether (sulfide) groups is 1. The van der Waals surface area contributed by atoms with E-state index < -0.39 is 17.6 Å². The maximum Gasteiger partial charge on any atom is 0.407 e. The average Bonchev–Trinajstić information content (AvgIpc) is 3.14. The molecule has 0 bridgehead atoms. The van der Waals surface area contributed by atoms with Gasteiger partial charge in [0.1, 0.15) is 12.1 Å². The number of hydrogen-bond acceptors (Lipinski definition) is 5. The van der Waals surface area contributed by atoms with Crippen molar-refractivity contribution in [1.82, 2.24) is 10.6 Å². The standard InChI is InChI=1S/C25H30N2O5S/c1-3-25(4-2,23(29)30)27-22(28)16-33-14-13-26-24(31)32-15-21-19-11-7-5-9-17(19)18-10-6-8-12-20(18)21/h5-12,21H,3-4,13-16H2,1-2H3,(H,26,31)(H,27,28)(H,29,30). The van der Waals surface area contributed by atoms with Crippen molar-refractivity contribution in [3.05, 3.63) is 59.7 Å². The third kappa shape index (κ3) is 5.68. The summed E-state index contributed by atoms with van der Waals surface area (Å²) in [7, 11) is 0. The second-order valence-corrected chi connectivity index (χ2v) is 9.05. The summed E-state index contributed by atoms with van der Waals surface area (Å²) in [6.07, 6.45) is 0.140. The Morgan fingerprint density at radius 2 is 1.58 bits per heavy atom. The van der Waals surface area contributed by atoms with Crippen molar-refractivity contribution in [3.63, 3.8) is 0 Å². The normalized spacial score (nSPS) is 12.5. The van der Waals surface area contributed by atoms with Gasteiger partial charge in [-0.05, 0) is 35.1 Å². The molecular formula is C25H30N2O5S. The van der Waals surface area contributed by atoms with Crippen LogP contribution in [0.5, 0.6) is 0 Å². The van der Waals surface area contributed by atoms with E-state index in [0.717, 1.165) is 11.1 Å². The van der Waals surface area contributed by atoms with Gasteiger partial charge in [0.05, 0.1) is 5.75 Å². The first kappa shape index (κ1) is 24.6. The van der Waals surface area contributed by atoms with Crippen molar-refractivity contribution in [2.24, 2.45) is 0 Å². The van der Waals surface area contributed by atoms with Gasteiger partial charge < -0.3 is 20.5 Å². The molecule has 0 heterocycles. The Morgan fingerprint density at radius 1 is 1.00 bits per heavy atom. The molecule has 0 spiro atoms. The molecule has 0 saturated carbocycles. The minimum atomic E-state index is -1.23. The molecule has 3 N–H and O–H groups in total. The van der Waals surface area contributed by atoms with Crippen molar-refractivity contribution in [3.8, 4) is 11.1 Å². The molecule has 0 fully saturated rings. The van der Waals surface area contributed by atoms with Crippen molar-refractivity contribution >= 4 is 29.7 Å². The number of hydrogen-bond donors (Lipinski definition) is 3. The summed E-state index contributed by atoms with van der Waals surface area (Å²) in [5.41, 5.74) is 3.44. The minimum absolute atomic E-state index is 0.00727. The molecule has 0 atom stereocenters. The lowest BCUT2D eigenvalue weighted by molar-refractivity contribution is -0.147. The zero-order chi connectivity index (χ0) is 23.8. The molecule has 1 aliphatic carbocycles. The number of fused-ring (bicyclic) bond motifs is 3. The van der Waals surface area contributed by atoms with Crippen LogP contribution < -0.4 is 10.6 Å². The highest BCUT2D eigenvalue weighted by Gasteiger charge is 2.36. The minimum Gasteiger partial charge on any atom is -0.480 e. The maximum atomic E-state index is 12.2. The van der Waals surface area contributed by atoms with Gasteiger partial charge in [0.25, 0.3) is 0 Å². The van der Waals surface area contributed by atoms with Crippen LogP contribution in [0.2, 0.25) is 0 Å². The largest absolute Gasteiger partial charge is 0.480 e. The number of carbonyl (C=O) groups is 3. The lowest BCUT2D eigenvalue weighted by atomic mass is 9.93. The first-order chi connectivity index (χ1) is 15.9. The fraction of sp³-hybridized carbons (Fsp3) is 0.400. The van der Waals surface area contributed by atoms with E-state index in [0.29, 0.717) is 25.1 Å². The number of alkyl carbamates (subject to hydrolysis) is 1. The van der Waals surface area contributed by atoms with Crippen molar-refractivity contribution in [2.75, 3.05) is 24.7 Å². The lowest BCUT2D eigenvalue weighted by Gasteiger charge is -2.27. The van der Waals surface area contributed by atoms with Crippen LogP contribution >= 0.6 is 11.8 Å². The van der Waals surface area contributed by atoms with E-state index in [1.165, 1.54) is 22.9 Å². The highest BCUT2D eigenvalue weighted by atomic mass is 32.2. The first-order valence-corrected chi connectivity index (χ1v) is 12.3. The number of carbonyl (C=O) groups excluding carboxylic acids is 2. The number of amides is 2. The molecule has 0 aromatic heterocycles. The Hall–Kier alpha value is -3.00. The predicted octanol–water partition coefficient (Wildman–Crippen LogP) is 4.02. The van der Waals surface area contributed by atoms with Gasteiger partial charge in [0.15, 0.2) is 0 Å². The molecule has 7 nitrogen and oxygen atoms in total. The maximum absolute atomic E-state index is 12.2. The van der Waals surface area contributed by atoms with Gasteiger partial charge in [-0.2, -0.15) is 11.8 Å².